The van der Waals surface area contributed by atoms with Crippen LogP contribution in [-0.4, -0.2) is 21.8 Å². The van der Waals surface area contributed by atoms with E-state index in [0.717, 1.165) is 12.0 Å². The number of anilines is 2. The number of benzene rings is 2. The molecular weight excluding hydrogens is 452 g/mol. The highest BCUT2D eigenvalue weighted by molar-refractivity contribution is 6.06. The average Bonchev–Trinajstić information content (AvgIpc) is 3.60. The molecule has 0 radical (unpaired) electrons. The molecule has 1 aliphatic rings. The number of carbonyl (C=O) groups is 2. The summed E-state index contributed by atoms with van der Waals surface area (Å²) in [5.41, 5.74) is 2.31. The predicted molar refractivity (Wildman–Crippen MR) is 139 cm³/mol. The molecule has 1 fully saturated rings. The largest absolute Gasteiger partial charge is 0.435 e. The fourth-order valence-electron chi connectivity index (χ4n) is 4.55. The standard InChI is InChI=1S/C29H28N4O3/c34-25(18-13-20-8-4-5-9-20)31-23-16-14-21(15-17-23)27-26(28(35)32-24-12-6-7-19-30-24)33-29(36-27)22-10-2-1-3-11-22/h1-3,6-7,10-12,14-17,19-20H,4-5,8-9,13,18H2,(H,31,34)(H,30,32,35). The Hall–Kier alpha value is -4.26. The second-order valence-electron chi connectivity index (χ2n) is 9.05. The number of carbonyl (C=O) groups excluding carboxylic acids is 2. The molecule has 2 amide bonds. The maximum Gasteiger partial charge on any atom is 0.279 e. The first-order valence-electron chi connectivity index (χ1n) is 12.3. The molecule has 0 bridgehead atoms. The van der Waals surface area contributed by atoms with Gasteiger partial charge in [-0.25, -0.2) is 9.97 Å². The van der Waals surface area contributed by atoms with Crippen LogP contribution in [0.1, 0.15) is 49.0 Å². The first-order chi connectivity index (χ1) is 17.7. The lowest BCUT2D eigenvalue weighted by Gasteiger charge is -2.09. The average molecular weight is 481 g/mol. The first-order valence-corrected chi connectivity index (χ1v) is 12.3. The highest BCUT2D eigenvalue weighted by Gasteiger charge is 2.23. The summed E-state index contributed by atoms with van der Waals surface area (Å²) in [5.74, 6) is 1.41. The summed E-state index contributed by atoms with van der Waals surface area (Å²) < 4.78 is 6.08. The summed E-state index contributed by atoms with van der Waals surface area (Å²) in [6.45, 7) is 0. The zero-order valence-electron chi connectivity index (χ0n) is 19.9. The van der Waals surface area contributed by atoms with Crippen LogP contribution in [0.25, 0.3) is 22.8 Å². The third kappa shape index (κ3) is 5.68. The Morgan fingerprint density at radius 2 is 1.61 bits per heavy atom. The van der Waals surface area contributed by atoms with Gasteiger partial charge in [-0.05, 0) is 60.9 Å². The van der Waals surface area contributed by atoms with Gasteiger partial charge in [-0.15, -0.1) is 0 Å². The Morgan fingerprint density at radius 1 is 0.861 bits per heavy atom. The second-order valence-corrected chi connectivity index (χ2v) is 9.05. The Morgan fingerprint density at radius 3 is 2.33 bits per heavy atom. The number of oxazole rings is 1. The summed E-state index contributed by atoms with van der Waals surface area (Å²) in [5, 5.41) is 5.75. The van der Waals surface area contributed by atoms with Gasteiger partial charge in [0.15, 0.2) is 11.5 Å². The van der Waals surface area contributed by atoms with E-state index in [4.69, 9.17) is 4.42 Å². The fraction of sp³-hybridized carbons (Fsp3) is 0.241. The molecule has 7 nitrogen and oxygen atoms in total. The van der Waals surface area contributed by atoms with Gasteiger partial charge in [0, 0.05) is 29.4 Å². The lowest BCUT2D eigenvalue weighted by Crippen LogP contribution is -2.14. The Balaban J connectivity index is 1.35. The maximum atomic E-state index is 13.1. The number of aromatic nitrogens is 2. The van der Waals surface area contributed by atoms with Crippen molar-refractivity contribution < 1.29 is 14.0 Å². The molecule has 0 spiro atoms. The smallest absolute Gasteiger partial charge is 0.279 e. The van der Waals surface area contributed by atoms with E-state index >= 15 is 0 Å². The van der Waals surface area contributed by atoms with Crippen LogP contribution >= 0.6 is 0 Å². The molecule has 7 heteroatoms. The number of pyridine rings is 1. The lowest BCUT2D eigenvalue weighted by molar-refractivity contribution is -0.116. The van der Waals surface area contributed by atoms with Crippen molar-refractivity contribution in [3.8, 4) is 22.8 Å². The molecule has 0 saturated heterocycles. The van der Waals surface area contributed by atoms with Gasteiger partial charge in [0.05, 0.1) is 0 Å². The van der Waals surface area contributed by atoms with Gasteiger partial charge in [0.25, 0.3) is 5.91 Å². The first kappa shape index (κ1) is 23.5. The Labute approximate surface area is 210 Å². The van der Waals surface area contributed by atoms with Gasteiger partial charge in [-0.3, -0.25) is 9.59 Å². The molecule has 0 atom stereocenters. The maximum absolute atomic E-state index is 13.1. The van der Waals surface area contributed by atoms with Gasteiger partial charge >= 0.3 is 0 Å². The van der Waals surface area contributed by atoms with Crippen molar-refractivity contribution in [1.29, 1.82) is 0 Å². The predicted octanol–water partition coefficient (Wildman–Crippen LogP) is 6.56. The number of amides is 2. The Bertz CT molecular complexity index is 1310. The van der Waals surface area contributed by atoms with Gasteiger partial charge < -0.3 is 15.1 Å². The van der Waals surface area contributed by atoms with Crippen molar-refractivity contribution in [3.05, 3.63) is 84.7 Å². The van der Waals surface area contributed by atoms with Crippen LogP contribution in [0.2, 0.25) is 0 Å². The van der Waals surface area contributed by atoms with E-state index in [0.29, 0.717) is 41.1 Å². The van der Waals surface area contributed by atoms with Crippen LogP contribution in [0.5, 0.6) is 0 Å². The topological polar surface area (TPSA) is 97.1 Å². The zero-order valence-corrected chi connectivity index (χ0v) is 19.9. The quantitative estimate of drug-likeness (QED) is 0.297. The van der Waals surface area contributed by atoms with E-state index in [1.165, 1.54) is 25.7 Å². The normalized spacial score (nSPS) is 13.4. The molecule has 2 heterocycles. The summed E-state index contributed by atoms with van der Waals surface area (Å²) >= 11 is 0. The molecule has 1 aliphatic carbocycles. The highest BCUT2D eigenvalue weighted by Crippen LogP contribution is 2.32. The van der Waals surface area contributed by atoms with Gasteiger partial charge in [-0.2, -0.15) is 0 Å². The molecule has 2 aromatic carbocycles. The van der Waals surface area contributed by atoms with Crippen LogP contribution in [-0.2, 0) is 4.79 Å². The van der Waals surface area contributed by atoms with Crippen LogP contribution in [0.3, 0.4) is 0 Å². The lowest BCUT2D eigenvalue weighted by atomic mass is 10.0. The van der Waals surface area contributed by atoms with Crippen molar-refractivity contribution in [2.45, 2.75) is 38.5 Å². The number of nitrogens with zero attached hydrogens (tertiary/aromatic N) is 2. The molecule has 36 heavy (non-hydrogen) atoms. The minimum Gasteiger partial charge on any atom is -0.435 e. The minimum absolute atomic E-state index is 0.0242. The molecule has 5 rings (SSSR count). The molecule has 182 valence electrons. The number of hydrogen-bond donors (Lipinski definition) is 2. The molecule has 2 N–H and O–H groups in total. The minimum atomic E-state index is -0.418. The monoisotopic (exact) mass is 480 g/mol. The van der Waals surface area contributed by atoms with Crippen LogP contribution in [0.4, 0.5) is 11.5 Å². The summed E-state index contributed by atoms with van der Waals surface area (Å²) in [6, 6.07) is 22.0. The summed E-state index contributed by atoms with van der Waals surface area (Å²) in [4.78, 5) is 34.2. The third-order valence-electron chi connectivity index (χ3n) is 6.45. The van der Waals surface area contributed by atoms with E-state index in [1.807, 2.05) is 54.6 Å². The number of hydrogen-bond acceptors (Lipinski definition) is 5. The Kier molecular flexibility index (Phi) is 7.17. The van der Waals surface area contributed by atoms with Gasteiger partial charge in [0.1, 0.15) is 5.82 Å². The van der Waals surface area contributed by atoms with Crippen LogP contribution in [0, 0.1) is 5.92 Å². The van der Waals surface area contributed by atoms with Crippen LogP contribution < -0.4 is 10.6 Å². The van der Waals surface area contributed by atoms with Crippen molar-refractivity contribution >= 4 is 23.3 Å². The van der Waals surface area contributed by atoms with Crippen molar-refractivity contribution in [2.24, 2.45) is 5.92 Å². The molecule has 1 saturated carbocycles. The number of rotatable bonds is 8. The molecular formula is C29H28N4O3. The fourth-order valence-corrected chi connectivity index (χ4v) is 4.55. The second kappa shape index (κ2) is 11.0. The van der Waals surface area contributed by atoms with Crippen molar-refractivity contribution in [2.75, 3.05) is 10.6 Å². The van der Waals surface area contributed by atoms with Gasteiger partial charge in [-0.1, -0.05) is 49.9 Å². The third-order valence-corrected chi connectivity index (χ3v) is 6.45. The molecule has 2 aromatic heterocycles. The SMILES string of the molecule is O=C(CCC1CCCC1)Nc1ccc(-c2oc(-c3ccccc3)nc2C(=O)Nc2ccccn2)cc1. The van der Waals surface area contributed by atoms with E-state index in [-0.39, 0.29) is 11.6 Å². The molecule has 0 unspecified atom stereocenters. The summed E-state index contributed by atoms with van der Waals surface area (Å²) in [7, 11) is 0. The highest BCUT2D eigenvalue weighted by atomic mass is 16.4. The zero-order chi connectivity index (χ0) is 24.7. The van der Waals surface area contributed by atoms with E-state index in [2.05, 4.69) is 20.6 Å². The van der Waals surface area contributed by atoms with E-state index in [1.54, 1.807) is 24.4 Å². The van der Waals surface area contributed by atoms with Crippen molar-refractivity contribution in [3.63, 3.8) is 0 Å². The van der Waals surface area contributed by atoms with Crippen molar-refractivity contribution in [1.82, 2.24) is 9.97 Å². The van der Waals surface area contributed by atoms with Crippen LogP contribution in [0.15, 0.2) is 83.4 Å². The van der Waals surface area contributed by atoms with Gasteiger partial charge in [0.2, 0.25) is 11.8 Å². The van der Waals surface area contributed by atoms with E-state index < -0.39 is 5.91 Å². The molecule has 0 aliphatic heterocycles. The molecule has 4 aromatic rings. The number of nitrogens with one attached hydrogen (secondary N) is 2. The van der Waals surface area contributed by atoms with E-state index in [9.17, 15) is 9.59 Å². The summed E-state index contributed by atoms with van der Waals surface area (Å²) in [6.07, 6.45) is 8.12.